The molecule has 1 saturated heterocycles. The molecule has 0 radical (unpaired) electrons. The van der Waals surface area contributed by atoms with Crippen molar-refractivity contribution < 1.29 is 14.6 Å². The molecular formula is C20H32O3. The van der Waals surface area contributed by atoms with E-state index in [-0.39, 0.29) is 22.5 Å². The zero-order valence-corrected chi connectivity index (χ0v) is 15.9. The van der Waals surface area contributed by atoms with E-state index >= 15 is 0 Å². The molecular weight excluding hydrogens is 288 g/mol. The second-order valence-electron chi connectivity index (χ2n) is 9.58. The smallest absolute Gasteiger partial charge is 0.183 e. The summed E-state index contributed by atoms with van der Waals surface area (Å²) in [5, 5.41) is 10.8. The maximum Gasteiger partial charge on any atom is 0.183 e. The van der Waals surface area contributed by atoms with Gasteiger partial charge in [0.2, 0.25) is 0 Å². The molecule has 3 nitrogen and oxygen atoms in total. The first kappa shape index (κ1) is 18.3. The Kier molecular flexibility index (Phi) is 4.60. The molecule has 1 aromatic rings. The SMILES string of the molecule is CC1(C)COC(c2cc(C(C)(C)C)c(O)c(C(C)(C)C)c2)OC1. The van der Waals surface area contributed by atoms with E-state index in [1.165, 1.54) is 0 Å². The van der Waals surface area contributed by atoms with Crippen LogP contribution in [0.4, 0.5) is 0 Å². The van der Waals surface area contributed by atoms with Crippen molar-refractivity contribution in [2.24, 2.45) is 5.41 Å². The van der Waals surface area contributed by atoms with Crippen molar-refractivity contribution in [1.82, 2.24) is 0 Å². The fourth-order valence-electron chi connectivity index (χ4n) is 2.82. The molecule has 130 valence electrons. The molecule has 1 aliphatic heterocycles. The van der Waals surface area contributed by atoms with Crippen molar-refractivity contribution in [2.45, 2.75) is 72.5 Å². The topological polar surface area (TPSA) is 38.7 Å². The average molecular weight is 320 g/mol. The summed E-state index contributed by atoms with van der Waals surface area (Å²) >= 11 is 0. The van der Waals surface area contributed by atoms with Crippen LogP contribution in [0.2, 0.25) is 0 Å². The molecule has 0 aromatic heterocycles. The third-order valence-electron chi connectivity index (χ3n) is 4.27. The van der Waals surface area contributed by atoms with E-state index in [9.17, 15) is 5.11 Å². The number of benzene rings is 1. The summed E-state index contributed by atoms with van der Waals surface area (Å²) in [4.78, 5) is 0. The third-order valence-corrected chi connectivity index (χ3v) is 4.27. The van der Waals surface area contributed by atoms with Crippen LogP contribution in [-0.2, 0) is 20.3 Å². The minimum atomic E-state index is -0.356. The number of hydrogen-bond acceptors (Lipinski definition) is 3. The van der Waals surface area contributed by atoms with Crippen LogP contribution in [0, 0.1) is 5.41 Å². The Morgan fingerprint density at radius 3 is 1.65 bits per heavy atom. The van der Waals surface area contributed by atoms with Crippen LogP contribution in [0.1, 0.15) is 78.4 Å². The van der Waals surface area contributed by atoms with Gasteiger partial charge in [-0.15, -0.1) is 0 Å². The molecule has 1 aromatic carbocycles. The van der Waals surface area contributed by atoms with Gasteiger partial charge in [-0.2, -0.15) is 0 Å². The molecule has 2 rings (SSSR count). The predicted octanol–water partition coefficient (Wildman–Crippen LogP) is 5.06. The zero-order valence-electron chi connectivity index (χ0n) is 15.9. The summed E-state index contributed by atoms with van der Waals surface area (Å²) in [7, 11) is 0. The first-order valence-electron chi connectivity index (χ1n) is 8.42. The second kappa shape index (κ2) is 5.78. The molecule has 0 unspecified atom stereocenters. The molecule has 1 aliphatic rings. The summed E-state index contributed by atoms with van der Waals surface area (Å²) in [6, 6.07) is 4.07. The van der Waals surface area contributed by atoms with Gasteiger partial charge in [0.05, 0.1) is 13.2 Å². The summed E-state index contributed by atoms with van der Waals surface area (Å²) < 4.78 is 11.9. The van der Waals surface area contributed by atoms with Crippen molar-refractivity contribution in [3.05, 3.63) is 28.8 Å². The standard InChI is InChI=1S/C20H32O3/c1-18(2,3)14-9-13(10-15(16(14)21)19(4,5)6)17-22-11-20(7,8)12-23-17/h9-10,17,21H,11-12H2,1-8H3. The Morgan fingerprint density at radius 1 is 0.913 bits per heavy atom. The lowest BCUT2D eigenvalue weighted by Gasteiger charge is -2.36. The number of ether oxygens (including phenoxy) is 2. The van der Waals surface area contributed by atoms with E-state index in [4.69, 9.17) is 9.47 Å². The van der Waals surface area contributed by atoms with Gasteiger partial charge < -0.3 is 14.6 Å². The van der Waals surface area contributed by atoms with Gasteiger partial charge in [0.25, 0.3) is 0 Å². The van der Waals surface area contributed by atoms with Gasteiger partial charge in [-0.25, -0.2) is 0 Å². The monoisotopic (exact) mass is 320 g/mol. The average Bonchev–Trinajstić information content (AvgIpc) is 2.36. The van der Waals surface area contributed by atoms with Crippen LogP contribution in [0.15, 0.2) is 12.1 Å². The molecule has 0 atom stereocenters. The van der Waals surface area contributed by atoms with E-state index in [1.807, 2.05) is 12.1 Å². The lowest BCUT2D eigenvalue weighted by atomic mass is 9.78. The number of hydrogen-bond donors (Lipinski definition) is 1. The molecule has 0 spiro atoms. The molecule has 0 bridgehead atoms. The highest BCUT2D eigenvalue weighted by molar-refractivity contribution is 5.50. The van der Waals surface area contributed by atoms with Crippen molar-refractivity contribution in [3.8, 4) is 5.75 Å². The highest BCUT2D eigenvalue weighted by Gasteiger charge is 2.32. The lowest BCUT2D eigenvalue weighted by molar-refractivity contribution is -0.226. The van der Waals surface area contributed by atoms with E-state index in [1.54, 1.807) is 0 Å². The normalized spacial score (nSPS) is 19.8. The van der Waals surface area contributed by atoms with Gasteiger partial charge in [0.15, 0.2) is 6.29 Å². The predicted molar refractivity (Wildman–Crippen MR) is 93.9 cm³/mol. The van der Waals surface area contributed by atoms with Crippen molar-refractivity contribution in [2.75, 3.05) is 13.2 Å². The van der Waals surface area contributed by atoms with Gasteiger partial charge in [0, 0.05) is 11.0 Å². The van der Waals surface area contributed by atoms with E-state index < -0.39 is 0 Å². The van der Waals surface area contributed by atoms with Crippen molar-refractivity contribution in [3.63, 3.8) is 0 Å². The Bertz CT molecular complexity index is 529. The van der Waals surface area contributed by atoms with Crippen LogP contribution in [-0.4, -0.2) is 18.3 Å². The van der Waals surface area contributed by atoms with Gasteiger partial charge in [0.1, 0.15) is 5.75 Å². The Labute approximate surface area is 141 Å². The third kappa shape index (κ3) is 4.07. The van der Waals surface area contributed by atoms with Crippen LogP contribution in [0.3, 0.4) is 0 Å². The number of aromatic hydroxyl groups is 1. The van der Waals surface area contributed by atoms with Gasteiger partial charge in [-0.3, -0.25) is 0 Å². The lowest BCUT2D eigenvalue weighted by Crippen LogP contribution is -2.34. The quantitative estimate of drug-likeness (QED) is 0.786. The molecule has 3 heteroatoms. The maximum absolute atomic E-state index is 10.8. The van der Waals surface area contributed by atoms with Gasteiger partial charge >= 0.3 is 0 Å². The molecule has 1 N–H and O–H groups in total. The molecule has 0 amide bonds. The van der Waals surface area contributed by atoms with Crippen LogP contribution >= 0.6 is 0 Å². The number of phenols is 1. The minimum Gasteiger partial charge on any atom is -0.507 e. The van der Waals surface area contributed by atoms with Crippen LogP contribution < -0.4 is 0 Å². The number of rotatable bonds is 1. The van der Waals surface area contributed by atoms with Crippen LogP contribution in [0.5, 0.6) is 5.75 Å². The van der Waals surface area contributed by atoms with Gasteiger partial charge in [-0.05, 0) is 34.1 Å². The van der Waals surface area contributed by atoms with E-state index in [0.29, 0.717) is 19.0 Å². The largest absolute Gasteiger partial charge is 0.507 e. The van der Waals surface area contributed by atoms with Crippen LogP contribution in [0.25, 0.3) is 0 Å². The Morgan fingerprint density at radius 2 is 1.30 bits per heavy atom. The Hall–Kier alpha value is -1.06. The summed E-state index contributed by atoms with van der Waals surface area (Å²) in [6.07, 6.45) is -0.356. The van der Waals surface area contributed by atoms with Crippen molar-refractivity contribution >= 4 is 0 Å². The van der Waals surface area contributed by atoms with E-state index in [0.717, 1.165) is 16.7 Å². The first-order chi connectivity index (χ1) is 10.3. The Balaban J connectivity index is 2.49. The maximum atomic E-state index is 10.8. The van der Waals surface area contributed by atoms with E-state index in [2.05, 4.69) is 55.4 Å². The number of phenolic OH excluding ortho intramolecular Hbond substituents is 1. The highest BCUT2D eigenvalue weighted by Crippen LogP contribution is 2.42. The minimum absolute atomic E-state index is 0.0487. The summed E-state index contributed by atoms with van der Waals surface area (Å²) in [5.41, 5.74) is 2.64. The fourth-order valence-corrected chi connectivity index (χ4v) is 2.82. The highest BCUT2D eigenvalue weighted by atomic mass is 16.7. The molecule has 1 heterocycles. The molecule has 0 aliphatic carbocycles. The zero-order chi connectivity index (χ0) is 17.6. The first-order valence-corrected chi connectivity index (χ1v) is 8.42. The van der Waals surface area contributed by atoms with Gasteiger partial charge in [-0.1, -0.05) is 55.4 Å². The summed E-state index contributed by atoms with van der Waals surface area (Å²) in [5.74, 6) is 0.393. The fraction of sp³-hybridized carbons (Fsp3) is 0.700. The molecule has 23 heavy (non-hydrogen) atoms. The second-order valence-corrected chi connectivity index (χ2v) is 9.58. The molecule has 1 fully saturated rings. The van der Waals surface area contributed by atoms with Crippen molar-refractivity contribution in [1.29, 1.82) is 0 Å². The molecule has 0 saturated carbocycles. The summed E-state index contributed by atoms with van der Waals surface area (Å²) in [6.45, 7) is 18.3.